The molecule has 8 aliphatic heterocycles. The first-order chi connectivity index (χ1) is 54.8. The van der Waals surface area contributed by atoms with E-state index in [0.717, 1.165) is 66.7 Å². The Morgan fingerprint density at radius 3 is 1.94 bits per heavy atom. The fraction of sp³-hybridized carbons (Fsp3) is 0.359. The first-order valence-corrected chi connectivity index (χ1v) is 36.9. The first-order valence-electron chi connectivity index (χ1n) is 36.1. The number of likely N-dealkylation sites (N-methyl/N-ethyl adjacent to an activating group) is 1. The van der Waals surface area contributed by atoms with Gasteiger partial charge in [0.25, 0.3) is 0 Å². The third-order valence-electron chi connectivity index (χ3n) is 20.6. The number of carbonyl (C=O) groups is 8. The summed E-state index contributed by atoms with van der Waals surface area (Å²) in [5.74, 6) is -19.0. The van der Waals surface area contributed by atoms with Crippen LogP contribution in [0.15, 0.2) is 115 Å². The van der Waals surface area contributed by atoms with Crippen LogP contribution in [0, 0.1) is 5.92 Å². The number of nitrogens with one attached hydrogen (secondary N) is 6. The van der Waals surface area contributed by atoms with E-state index in [2.05, 4.69) is 31.9 Å². The van der Waals surface area contributed by atoms with Gasteiger partial charge in [0.2, 0.25) is 47.9 Å². The number of hydrogen-bond donors (Lipinski definition) is 19. The summed E-state index contributed by atoms with van der Waals surface area (Å²) in [7, 11) is 5.02. The summed E-state index contributed by atoms with van der Waals surface area (Å²) >= 11 is 14.2. The minimum atomic E-state index is -2.38. The number of amides is 5. The summed E-state index contributed by atoms with van der Waals surface area (Å²) in [6, 6.07) is 10.6. The van der Waals surface area contributed by atoms with Crippen LogP contribution in [-0.2, 0) is 54.3 Å². The molecule has 7 aromatic rings. The average Bonchev–Trinajstić information content (AvgIpc) is 0.759. The monoisotopic (exact) mass is 1630 g/mol. The van der Waals surface area contributed by atoms with Crippen LogP contribution in [-0.4, -0.2) is 221 Å². The van der Waals surface area contributed by atoms with Crippen molar-refractivity contribution in [2.24, 2.45) is 11.7 Å². The number of halogens is 2. The zero-order valence-corrected chi connectivity index (χ0v) is 62.6. The molecule has 2 fully saturated rings. The molecule has 5 amide bonds. The number of ether oxygens (including phenoxy) is 7. The van der Waals surface area contributed by atoms with Gasteiger partial charge in [-0.15, -0.1) is 0 Å². The highest BCUT2D eigenvalue weighted by Crippen LogP contribution is 2.51. The van der Waals surface area contributed by atoms with Crippen LogP contribution >= 0.6 is 23.2 Å². The molecule has 7 aromatic carbocycles. The molecule has 8 unspecified atom stereocenters. The molecule has 608 valence electrons. The van der Waals surface area contributed by atoms with Gasteiger partial charge in [-0.1, -0.05) is 53.5 Å². The number of carboxylic acid groups (broad SMARTS) is 1. The van der Waals surface area contributed by atoms with E-state index in [1.807, 2.05) is 4.90 Å². The SMILES string of the molecule is CNC1C(=O)CC2Cc3ccc(cc3)Oc3cc4cc(c3O[C@@H]3O[C@H](C(=O)O)[C@@H](O)[C@H](O)[C@H]3N)Oc3ccc(cc3Cl)C(O)C3NC(=O)C(NC(=O)C4NC(=O)C(NC2=O)c2cc(cc(O)c2Cl)Oc2cc1ccc2O)c1ccc(O)c(c1)-c1c(O[C@H]2O[C@H](CO)[C@@H](O)[C@H](O)[C@@H]2O)cc(O)cc1C(C(=O)NCCCN(C)C)CC3=O. The van der Waals surface area contributed by atoms with E-state index in [-0.39, 0.29) is 58.2 Å². The summed E-state index contributed by atoms with van der Waals surface area (Å²) in [6.07, 6.45) is -22.1. The van der Waals surface area contributed by atoms with Crippen molar-refractivity contribution in [2.75, 3.05) is 40.8 Å². The predicted molar refractivity (Wildman–Crippen MR) is 399 cm³/mol. The summed E-state index contributed by atoms with van der Waals surface area (Å²) < 4.78 is 43.6. The molecule has 15 rings (SSSR count). The average molecular weight is 1630 g/mol. The molecule has 0 aromatic heterocycles. The maximum absolute atomic E-state index is 16.6. The van der Waals surface area contributed by atoms with Crippen LogP contribution in [0.3, 0.4) is 0 Å². The highest BCUT2D eigenvalue weighted by molar-refractivity contribution is 6.33. The van der Waals surface area contributed by atoms with Crippen molar-refractivity contribution in [3.8, 4) is 80.1 Å². The molecule has 0 saturated carbocycles. The Labute approximate surface area is 663 Å². The first kappa shape index (κ1) is 82.0. The molecular formula is C78H80Cl2N8O27. The highest BCUT2D eigenvalue weighted by Gasteiger charge is 2.50. The summed E-state index contributed by atoms with van der Waals surface area (Å²) in [5.41, 5.74) is 4.39. The Hall–Kier alpha value is -11.0. The maximum Gasteiger partial charge on any atom is 0.335 e. The molecule has 35 nitrogen and oxygen atoms in total. The number of carbonyl (C=O) groups excluding carboxylic acids is 7. The fourth-order valence-electron chi connectivity index (χ4n) is 14.5. The lowest BCUT2D eigenvalue weighted by molar-refractivity contribution is -0.277. The molecule has 0 radical (unpaired) electrons. The molecule has 8 aliphatic rings. The zero-order chi connectivity index (χ0) is 82.4. The number of Topliss-reactive ketones (excluding diaryl/α,β-unsaturated/α-hetero) is 2. The molecular weight excluding hydrogens is 1550 g/mol. The number of hydrogen-bond acceptors (Lipinski definition) is 29. The van der Waals surface area contributed by atoms with Crippen molar-refractivity contribution < 1.29 is 133 Å². The van der Waals surface area contributed by atoms with Gasteiger partial charge in [-0.3, -0.25) is 33.6 Å². The zero-order valence-electron chi connectivity index (χ0n) is 61.1. The molecule has 17 bridgehead atoms. The molecule has 2 saturated heterocycles. The largest absolute Gasteiger partial charge is 0.508 e. The second-order valence-corrected chi connectivity index (χ2v) is 29.5. The van der Waals surface area contributed by atoms with Gasteiger partial charge < -0.3 is 137 Å². The Kier molecular flexibility index (Phi) is 24.1. The third kappa shape index (κ3) is 16.9. The van der Waals surface area contributed by atoms with Crippen molar-refractivity contribution in [3.63, 3.8) is 0 Å². The van der Waals surface area contributed by atoms with Crippen LogP contribution in [0.2, 0.25) is 10.0 Å². The summed E-state index contributed by atoms with van der Waals surface area (Å²) in [5, 5.41) is 151. The van der Waals surface area contributed by atoms with E-state index >= 15 is 28.8 Å². The van der Waals surface area contributed by atoms with Gasteiger partial charge in [0, 0.05) is 54.1 Å². The second-order valence-electron chi connectivity index (χ2n) is 28.7. The van der Waals surface area contributed by atoms with E-state index in [1.54, 1.807) is 14.1 Å². The van der Waals surface area contributed by atoms with E-state index in [4.69, 9.17) is 62.1 Å². The standard InChI is InChI=1S/C78H80Cl2N8O27/c1-82-58-32-8-13-45(92)50(21-32)110-38-26-42(56(80)46(93)27-38)61-75(106)85-60-34-22-52(109-37-10-5-30(6-11-37)17-35(20-47(58)94)71(102)86-61)69(114-77-57(81)65(98)67(100)70(115-77)76(107)108)53(23-34)111-49-14-9-33(19-43(49)79)63(96)62-48(95)28-40(72(103)83-15-4-16-88(2)3)39-24-36(90)25-51(112-78-68(101)66(99)64(97)54(29-89)113-78)55(39)41-18-31(7-12-44(41)91)59(73(104)87-62)84-74(60)105/h5-14,18-19,21-27,35,40,54,57-68,70,77-78,82,89-93,96-101H,4,15-17,20,28-29,81H2,1-3H3,(H,83,103)(H,84,105)(H,85,106)(H,86,102)(H,87,104)(H,107,108)/t35?,40?,54-,57-,58?,59?,60?,61?,62?,63?,64-,65-,66+,67+,68+,70+,77-,78+/m1/s1. The molecule has 37 heteroatoms. The second kappa shape index (κ2) is 33.8. The summed E-state index contributed by atoms with van der Waals surface area (Å²) in [6.45, 7) is -0.555. The van der Waals surface area contributed by atoms with E-state index < -0.39 is 254 Å². The number of aliphatic hydroxyl groups is 7. The molecule has 18 atom stereocenters. The lowest BCUT2D eigenvalue weighted by Crippen LogP contribution is -2.64. The molecule has 20 N–H and O–H groups in total. The maximum atomic E-state index is 16.6. The van der Waals surface area contributed by atoms with Crippen molar-refractivity contribution in [1.29, 1.82) is 0 Å². The molecule has 0 aliphatic carbocycles. The van der Waals surface area contributed by atoms with Crippen LogP contribution in [0.25, 0.3) is 11.1 Å². The topological polar surface area (TPSA) is 545 Å². The van der Waals surface area contributed by atoms with E-state index in [1.165, 1.54) is 55.6 Å². The Morgan fingerprint density at radius 2 is 1.24 bits per heavy atom. The number of benzene rings is 7. The number of nitrogens with two attached hydrogens (primary N) is 1. The normalized spacial score (nSPS) is 27.6. The number of carboxylic acids is 1. The summed E-state index contributed by atoms with van der Waals surface area (Å²) in [4.78, 5) is 125. The number of nitrogens with zero attached hydrogens (tertiary/aromatic N) is 1. The lowest BCUT2D eigenvalue weighted by Gasteiger charge is -2.40. The number of aromatic hydroxyl groups is 4. The number of phenols is 4. The van der Waals surface area contributed by atoms with Gasteiger partial charge in [0.15, 0.2) is 40.7 Å². The number of aliphatic hydroxyl groups excluding tert-OH is 7. The number of rotatable bonds is 12. The lowest BCUT2D eigenvalue weighted by atomic mass is 9.82. The quantitative estimate of drug-likeness (QED) is 0.0780. The van der Waals surface area contributed by atoms with Crippen molar-refractivity contribution >= 4 is 70.3 Å². The van der Waals surface area contributed by atoms with E-state index in [9.17, 15) is 70.9 Å². The predicted octanol–water partition coefficient (Wildman–Crippen LogP) is 2.21. The third-order valence-corrected chi connectivity index (χ3v) is 21.3. The number of aliphatic carboxylic acids is 1. The number of phenolic OH excluding ortho intramolecular Hbond substituents is 4. The van der Waals surface area contributed by atoms with E-state index in [0.29, 0.717) is 18.5 Å². The van der Waals surface area contributed by atoms with Gasteiger partial charge in [0.1, 0.15) is 107 Å². The fourth-order valence-corrected chi connectivity index (χ4v) is 15.0. The van der Waals surface area contributed by atoms with Gasteiger partial charge in [-0.25, -0.2) is 4.79 Å². The Bertz CT molecular complexity index is 4980. The van der Waals surface area contributed by atoms with Crippen LogP contribution < -0.4 is 61.3 Å². The van der Waals surface area contributed by atoms with Crippen LogP contribution in [0.5, 0.6) is 69.0 Å². The highest BCUT2D eigenvalue weighted by atomic mass is 35.5. The van der Waals surface area contributed by atoms with Crippen molar-refractivity contribution in [3.05, 3.63) is 164 Å². The smallest absolute Gasteiger partial charge is 0.335 e. The van der Waals surface area contributed by atoms with Crippen molar-refractivity contribution in [2.45, 2.75) is 129 Å². The molecule has 0 spiro atoms. The molecule has 8 heterocycles. The van der Waals surface area contributed by atoms with Gasteiger partial charge >= 0.3 is 5.97 Å². The minimum absolute atomic E-state index is 0.0421. The Morgan fingerprint density at radius 1 is 0.591 bits per heavy atom. The van der Waals surface area contributed by atoms with Gasteiger partial charge in [0.05, 0.1) is 34.7 Å². The molecule has 115 heavy (non-hydrogen) atoms. The van der Waals surface area contributed by atoms with Gasteiger partial charge in [-0.2, -0.15) is 0 Å². The number of fused-ring (bicyclic) bond motifs is 14. The van der Waals surface area contributed by atoms with Gasteiger partial charge in [-0.05, 0) is 147 Å². The minimum Gasteiger partial charge on any atom is -0.508 e. The van der Waals surface area contributed by atoms with Crippen LogP contribution in [0.4, 0.5) is 0 Å². The number of ketones is 2. The van der Waals surface area contributed by atoms with Crippen molar-refractivity contribution in [1.82, 2.24) is 36.8 Å². The Balaban J connectivity index is 1.06. The van der Waals surface area contributed by atoms with Crippen LogP contribution in [0.1, 0.15) is 94.4 Å².